The van der Waals surface area contributed by atoms with E-state index in [0.717, 1.165) is 0 Å². The summed E-state index contributed by atoms with van der Waals surface area (Å²) in [6, 6.07) is -0.207. The van der Waals surface area contributed by atoms with Crippen LogP contribution in [0.1, 0.15) is 41.8 Å². The third kappa shape index (κ3) is 3.05. The fourth-order valence-electron chi connectivity index (χ4n) is 1.56. The number of nitrogens with one attached hydrogen (secondary N) is 2. The normalized spacial score (nSPS) is 11.9. The van der Waals surface area contributed by atoms with Crippen LogP contribution in [0.3, 0.4) is 0 Å². The minimum Gasteiger partial charge on any atom is -0.462 e. The maximum absolute atomic E-state index is 11.6. The first-order valence-electron chi connectivity index (χ1n) is 6.12. The molecule has 2 rings (SSSR count). The Morgan fingerprint density at radius 2 is 2.35 bits per heavy atom. The number of anilines is 1. The molecule has 0 aliphatic heterocycles. The third-order valence-electron chi connectivity index (χ3n) is 2.57. The number of H-pyrrole nitrogens is 1. The molecule has 0 bridgehead atoms. The molecule has 0 saturated carbocycles. The van der Waals surface area contributed by atoms with E-state index in [1.165, 1.54) is 6.20 Å². The number of rotatable bonds is 5. The molecule has 2 heterocycles. The summed E-state index contributed by atoms with van der Waals surface area (Å²) in [6.07, 6.45) is 1.44. The third-order valence-corrected chi connectivity index (χ3v) is 2.57. The van der Waals surface area contributed by atoms with Crippen LogP contribution in [0, 0.1) is 6.92 Å². The molecule has 2 N–H and O–H groups in total. The molecule has 9 nitrogen and oxygen atoms in total. The lowest BCUT2D eigenvalue weighted by atomic mass is 10.2. The van der Waals surface area contributed by atoms with Gasteiger partial charge in [0, 0.05) is 6.20 Å². The van der Waals surface area contributed by atoms with Crippen molar-refractivity contribution in [1.29, 1.82) is 0 Å². The molecule has 9 heteroatoms. The Balaban J connectivity index is 2.11. The summed E-state index contributed by atoms with van der Waals surface area (Å²) in [5, 5.41) is 16.6. The van der Waals surface area contributed by atoms with Gasteiger partial charge in [0.05, 0.1) is 23.9 Å². The van der Waals surface area contributed by atoms with Crippen molar-refractivity contribution in [2.45, 2.75) is 26.8 Å². The molecule has 0 aromatic carbocycles. The monoisotopic (exact) mass is 277 g/mol. The van der Waals surface area contributed by atoms with Crippen LogP contribution in [0.4, 0.5) is 5.95 Å². The van der Waals surface area contributed by atoms with Crippen LogP contribution in [0.2, 0.25) is 0 Å². The summed E-state index contributed by atoms with van der Waals surface area (Å²) >= 11 is 0. The van der Waals surface area contributed by atoms with E-state index in [9.17, 15) is 4.79 Å². The number of aromatic nitrogens is 6. The van der Waals surface area contributed by atoms with Gasteiger partial charge >= 0.3 is 5.97 Å². The van der Waals surface area contributed by atoms with E-state index in [1.807, 2.05) is 6.92 Å². The van der Waals surface area contributed by atoms with E-state index >= 15 is 0 Å². The summed E-state index contributed by atoms with van der Waals surface area (Å²) in [6.45, 7) is 5.63. The van der Waals surface area contributed by atoms with Crippen LogP contribution >= 0.6 is 0 Å². The molecule has 2 aromatic heterocycles. The van der Waals surface area contributed by atoms with Gasteiger partial charge in [0.1, 0.15) is 0 Å². The maximum atomic E-state index is 11.6. The zero-order valence-corrected chi connectivity index (χ0v) is 11.4. The van der Waals surface area contributed by atoms with E-state index in [1.54, 1.807) is 13.8 Å². The summed E-state index contributed by atoms with van der Waals surface area (Å²) in [4.78, 5) is 19.9. The summed E-state index contributed by atoms with van der Waals surface area (Å²) in [7, 11) is 0. The number of carbonyl (C=O) groups excluding carboxylic acids is 1. The highest BCUT2D eigenvalue weighted by Crippen LogP contribution is 2.13. The first-order valence-corrected chi connectivity index (χ1v) is 6.12. The molecule has 20 heavy (non-hydrogen) atoms. The molecule has 0 radical (unpaired) electrons. The first-order chi connectivity index (χ1) is 9.61. The standard InChI is InChI=1S/C11H15N7O2/c1-4-20-10(19)8-5-12-11(13-6(8)2)14-7(3)9-15-17-18-16-9/h5,7H,4H2,1-3H3,(H,12,13,14)(H,15,16,17,18). The summed E-state index contributed by atoms with van der Waals surface area (Å²) in [5.41, 5.74) is 0.894. The number of aromatic amines is 1. The van der Waals surface area contributed by atoms with Crippen LogP contribution in [-0.4, -0.2) is 43.2 Å². The topological polar surface area (TPSA) is 119 Å². The second-order valence-corrected chi connectivity index (χ2v) is 4.05. The molecule has 0 fully saturated rings. The number of nitrogens with zero attached hydrogens (tertiary/aromatic N) is 5. The van der Waals surface area contributed by atoms with Crippen molar-refractivity contribution in [2.24, 2.45) is 0 Å². The van der Waals surface area contributed by atoms with Crippen LogP contribution < -0.4 is 5.32 Å². The van der Waals surface area contributed by atoms with E-state index in [-0.39, 0.29) is 6.04 Å². The van der Waals surface area contributed by atoms with E-state index in [4.69, 9.17) is 4.74 Å². The van der Waals surface area contributed by atoms with Crippen LogP contribution in [0.25, 0.3) is 0 Å². The van der Waals surface area contributed by atoms with E-state index < -0.39 is 5.97 Å². The Hall–Kier alpha value is -2.58. The molecule has 2 aromatic rings. The Bertz CT molecular complexity index is 584. The Morgan fingerprint density at radius 3 is 2.95 bits per heavy atom. The number of hydrogen-bond donors (Lipinski definition) is 2. The number of esters is 1. The minimum absolute atomic E-state index is 0.207. The SMILES string of the molecule is CCOC(=O)c1cnc(NC(C)c2nn[nH]n2)nc1C. The fourth-order valence-corrected chi connectivity index (χ4v) is 1.56. The number of carbonyl (C=O) groups is 1. The number of tetrazole rings is 1. The van der Waals surface area contributed by atoms with Crippen LogP contribution in [0.15, 0.2) is 6.20 Å². The molecule has 0 amide bonds. The minimum atomic E-state index is -0.428. The van der Waals surface area contributed by atoms with Crippen LogP contribution in [-0.2, 0) is 4.74 Å². The van der Waals surface area contributed by atoms with Crippen molar-refractivity contribution >= 4 is 11.9 Å². The Kier molecular flexibility index (Phi) is 4.18. The van der Waals surface area contributed by atoms with Crippen molar-refractivity contribution in [2.75, 3.05) is 11.9 Å². The second kappa shape index (κ2) is 6.04. The lowest BCUT2D eigenvalue weighted by Gasteiger charge is -2.11. The van der Waals surface area contributed by atoms with Gasteiger partial charge in [0.2, 0.25) is 5.95 Å². The largest absolute Gasteiger partial charge is 0.462 e. The molecule has 1 unspecified atom stereocenters. The first kappa shape index (κ1) is 13.8. The van der Waals surface area contributed by atoms with Gasteiger partial charge in [-0.15, -0.1) is 10.2 Å². The molecular weight excluding hydrogens is 262 g/mol. The molecule has 0 saturated heterocycles. The molecular formula is C11H15N7O2. The molecule has 1 atom stereocenters. The predicted molar refractivity (Wildman–Crippen MR) is 68.9 cm³/mol. The van der Waals surface area contributed by atoms with Gasteiger partial charge in [-0.2, -0.15) is 5.21 Å². The quantitative estimate of drug-likeness (QED) is 0.764. The van der Waals surface area contributed by atoms with Crippen molar-refractivity contribution in [3.05, 3.63) is 23.3 Å². The molecule has 0 spiro atoms. The predicted octanol–water partition coefficient (Wildman–Crippen LogP) is 0.648. The maximum Gasteiger partial charge on any atom is 0.341 e. The van der Waals surface area contributed by atoms with Gasteiger partial charge in [-0.25, -0.2) is 14.8 Å². The van der Waals surface area contributed by atoms with E-state index in [0.29, 0.717) is 29.6 Å². The zero-order chi connectivity index (χ0) is 14.5. The van der Waals surface area contributed by atoms with Gasteiger partial charge in [0.15, 0.2) is 5.82 Å². The highest BCUT2D eigenvalue weighted by Gasteiger charge is 2.15. The summed E-state index contributed by atoms with van der Waals surface area (Å²) < 4.78 is 4.92. The van der Waals surface area contributed by atoms with Gasteiger partial charge in [0.25, 0.3) is 0 Å². The lowest BCUT2D eigenvalue weighted by Crippen LogP contribution is -2.14. The Morgan fingerprint density at radius 1 is 1.55 bits per heavy atom. The van der Waals surface area contributed by atoms with Crippen LogP contribution in [0.5, 0.6) is 0 Å². The number of ether oxygens (including phenoxy) is 1. The summed E-state index contributed by atoms with van der Waals surface area (Å²) in [5.74, 6) is 0.455. The second-order valence-electron chi connectivity index (χ2n) is 4.05. The van der Waals surface area contributed by atoms with Gasteiger partial charge in [-0.05, 0) is 20.8 Å². The van der Waals surface area contributed by atoms with Crippen molar-refractivity contribution in [3.63, 3.8) is 0 Å². The molecule has 106 valence electrons. The number of aryl methyl sites for hydroxylation is 1. The van der Waals surface area contributed by atoms with Gasteiger partial charge in [-0.3, -0.25) is 0 Å². The van der Waals surface area contributed by atoms with Crippen molar-refractivity contribution in [3.8, 4) is 0 Å². The highest BCUT2D eigenvalue weighted by atomic mass is 16.5. The van der Waals surface area contributed by atoms with Crippen molar-refractivity contribution < 1.29 is 9.53 Å². The zero-order valence-electron chi connectivity index (χ0n) is 11.4. The average Bonchev–Trinajstić information content (AvgIpc) is 2.93. The van der Waals surface area contributed by atoms with Crippen molar-refractivity contribution in [1.82, 2.24) is 30.6 Å². The fraction of sp³-hybridized carbons (Fsp3) is 0.455. The average molecular weight is 277 g/mol. The molecule has 0 aliphatic carbocycles. The van der Waals surface area contributed by atoms with Gasteiger partial charge < -0.3 is 10.1 Å². The smallest absolute Gasteiger partial charge is 0.341 e. The molecule has 0 aliphatic rings. The van der Waals surface area contributed by atoms with E-state index in [2.05, 4.69) is 35.9 Å². The Labute approximate surface area is 115 Å². The highest BCUT2D eigenvalue weighted by molar-refractivity contribution is 5.90. The van der Waals surface area contributed by atoms with Gasteiger partial charge in [-0.1, -0.05) is 5.21 Å². The number of hydrogen-bond acceptors (Lipinski definition) is 8. The lowest BCUT2D eigenvalue weighted by molar-refractivity contribution is 0.0524.